The van der Waals surface area contributed by atoms with Crippen LogP contribution in [0.2, 0.25) is 0 Å². The lowest BCUT2D eigenvalue weighted by molar-refractivity contribution is -0.143. The first kappa shape index (κ1) is 22.5. The summed E-state index contributed by atoms with van der Waals surface area (Å²) in [7, 11) is 0. The Kier molecular flexibility index (Phi) is 6.15. The number of hydrogen-bond acceptors (Lipinski definition) is 4. The Balaban J connectivity index is 1.66. The van der Waals surface area contributed by atoms with Gasteiger partial charge in [-0.25, -0.2) is 4.68 Å². The molecule has 1 saturated carbocycles. The number of rotatable bonds is 4. The van der Waals surface area contributed by atoms with Crippen molar-refractivity contribution in [1.29, 1.82) is 5.26 Å². The van der Waals surface area contributed by atoms with E-state index in [1.54, 1.807) is 17.7 Å². The highest BCUT2D eigenvalue weighted by Crippen LogP contribution is 2.34. The van der Waals surface area contributed by atoms with Crippen LogP contribution in [0.5, 0.6) is 0 Å². The summed E-state index contributed by atoms with van der Waals surface area (Å²) in [6, 6.07) is 21.5. The van der Waals surface area contributed by atoms with Crippen LogP contribution in [-0.4, -0.2) is 32.5 Å². The Morgan fingerprint density at radius 2 is 1.60 bits per heavy atom. The normalized spacial score (nSPS) is 18.3. The van der Waals surface area contributed by atoms with Crippen LogP contribution < -0.4 is 0 Å². The van der Waals surface area contributed by atoms with E-state index in [1.165, 1.54) is 4.90 Å². The minimum absolute atomic E-state index is 0.0399. The summed E-state index contributed by atoms with van der Waals surface area (Å²) in [6.45, 7) is 1.68. The fourth-order valence-electron chi connectivity index (χ4n) is 4.95. The molecule has 1 aliphatic heterocycles. The number of carbonyl (C=O) groups is 2. The van der Waals surface area contributed by atoms with Gasteiger partial charge < -0.3 is 0 Å². The van der Waals surface area contributed by atoms with Crippen LogP contribution in [0.4, 0.5) is 0 Å². The van der Waals surface area contributed by atoms with E-state index >= 15 is 0 Å². The number of para-hydroxylation sites is 1. The van der Waals surface area contributed by atoms with Gasteiger partial charge in [0.2, 0.25) is 0 Å². The number of aromatic nitrogens is 2. The van der Waals surface area contributed by atoms with Crippen molar-refractivity contribution in [3.63, 3.8) is 0 Å². The van der Waals surface area contributed by atoms with Gasteiger partial charge in [0.15, 0.2) is 0 Å². The molecule has 2 aromatic carbocycles. The molecule has 2 amide bonds. The highest BCUT2D eigenvalue weighted by atomic mass is 16.2. The van der Waals surface area contributed by atoms with E-state index in [-0.39, 0.29) is 17.5 Å². The second-order valence-corrected chi connectivity index (χ2v) is 9.02. The third kappa shape index (κ3) is 4.22. The van der Waals surface area contributed by atoms with Crippen molar-refractivity contribution in [3.8, 4) is 23.0 Å². The Morgan fingerprint density at radius 3 is 2.26 bits per heavy atom. The van der Waals surface area contributed by atoms with E-state index in [0.717, 1.165) is 54.6 Å². The molecule has 6 nitrogen and oxygen atoms in total. The second-order valence-electron chi connectivity index (χ2n) is 9.02. The van der Waals surface area contributed by atoms with Gasteiger partial charge in [-0.2, -0.15) is 10.4 Å². The molecule has 2 aliphatic rings. The molecule has 1 fully saturated rings. The standard InChI is InChI=1S/C29H26N4O2/c1-20-25(28(34)33(29(35)26(20)18-30)24-15-9-4-10-16-24)17-22-19-32(23-13-7-3-8-14-23)31-27(22)21-11-5-2-6-12-21/h2-3,5-8,11-14,17,19,24H,4,9-10,15-16H2,1H3/b25-17+. The molecule has 35 heavy (non-hydrogen) atoms. The second kappa shape index (κ2) is 9.55. The average Bonchev–Trinajstić information content (AvgIpc) is 3.33. The molecule has 0 radical (unpaired) electrons. The monoisotopic (exact) mass is 462 g/mol. The van der Waals surface area contributed by atoms with Crippen LogP contribution in [0.3, 0.4) is 0 Å². The van der Waals surface area contributed by atoms with E-state index in [9.17, 15) is 14.9 Å². The van der Waals surface area contributed by atoms with E-state index in [4.69, 9.17) is 5.10 Å². The van der Waals surface area contributed by atoms with Crippen molar-refractivity contribution >= 4 is 17.9 Å². The quantitative estimate of drug-likeness (QED) is 0.381. The van der Waals surface area contributed by atoms with Gasteiger partial charge >= 0.3 is 0 Å². The van der Waals surface area contributed by atoms with Crippen molar-refractivity contribution in [2.24, 2.45) is 0 Å². The number of nitriles is 1. The lowest BCUT2D eigenvalue weighted by Gasteiger charge is -2.36. The maximum atomic E-state index is 13.7. The Labute approximate surface area is 204 Å². The first-order chi connectivity index (χ1) is 17.1. The van der Waals surface area contributed by atoms with Gasteiger partial charge in [-0.05, 0) is 43.5 Å². The van der Waals surface area contributed by atoms with Crippen molar-refractivity contribution in [3.05, 3.63) is 89.1 Å². The van der Waals surface area contributed by atoms with Gasteiger partial charge in [0.25, 0.3) is 11.8 Å². The molecule has 174 valence electrons. The van der Waals surface area contributed by atoms with E-state index in [0.29, 0.717) is 11.1 Å². The van der Waals surface area contributed by atoms with Gasteiger partial charge in [-0.15, -0.1) is 0 Å². The Bertz CT molecular complexity index is 1370. The molecule has 0 saturated heterocycles. The van der Waals surface area contributed by atoms with E-state index in [2.05, 4.69) is 6.07 Å². The maximum Gasteiger partial charge on any atom is 0.271 e. The van der Waals surface area contributed by atoms with Gasteiger partial charge in [-0.1, -0.05) is 67.8 Å². The summed E-state index contributed by atoms with van der Waals surface area (Å²) in [5.41, 5.74) is 4.11. The summed E-state index contributed by atoms with van der Waals surface area (Å²) in [5.74, 6) is -0.799. The molecular formula is C29H26N4O2. The van der Waals surface area contributed by atoms with Crippen molar-refractivity contribution in [2.45, 2.75) is 45.1 Å². The van der Waals surface area contributed by atoms with Crippen LogP contribution >= 0.6 is 0 Å². The molecule has 5 rings (SSSR count). The molecule has 6 heteroatoms. The van der Waals surface area contributed by atoms with Gasteiger partial charge in [0.05, 0.1) is 11.4 Å². The maximum absolute atomic E-state index is 13.7. The van der Waals surface area contributed by atoms with E-state index in [1.807, 2.05) is 66.9 Å². The first-order valence-electron chi connectivity index (χ1n) is 12.0. The van der Waals surface area contributed by atoms with Gasteiger partial charge in [-0.3, -0.25) is 14.5 Å². The summed E-state index contributed by atoms with van der Waals surface area (Å²) in [4.78, 5) is 28.2. The van der Waals surface area contributed by atoms with Crippen molar-refractivity contribution in [1.82, 2.24) is 14.7 Å². The molecule has 0 atom stereocenters. The zero-order valence-corrected chi connectivity index (χ0v) is 19.6. The number of nitrogens with zero attached hydrogens (tertiary/aromatic N) is 4. The number of amides is 2. The van der Waals surface area contributed by atoms with Crippen LogP contribution in [0.15, 0.2) is 83.6 Å². The molecule has 0 N–H and O–H groups in total. The topological polar surface area (TPSA) is 79.0 Å². The van der Waals surface area contributed by atoms with Crippen LogP contribution in [-0.2, 0) is 9.59 Å². The Hall–Kier alpha value is -4.24. The smallest absolute Gasteiger partial charge is 0.271 e. The summed E-state index contributed by atoms with van der Waals surface area (Å²) in [5, 5.41) is 14.6. The number of benzene rings is 2. The molecule has 0 unspecified atom stereocenters. The molecular weight excluding hydrogens is 436 g/mol. The predicted octanol–water partition coefficient (Wildman–Crippen LogP) is 5.46. The summed E-state index contributed by atoms with van der Waals surface area (Å²) < 4.78 is 1.79. The predicted molar refractivity (Wildman–Crippen MR) is 134 cm³/mol. The van der Waals surface area contributed by atoms with Crippen LogP contribution in [0.1, 0.15) is 44.6 Å². The molecule has 1 aromatic heterocycles. The van der Waals surface area contributed by atoms with Gasteiger partial charge in [0.1, 0.15) is 11.6 Å². The molecule has 1 aliphatic carbocycles. The number of carbonyl (C=O) groups excluding carboxylic acids is 2. The minimum Gasteiger partial charge on any atom is -0.271 e. The van der Waals surface area contributed by atoms with E-state index < -0.39 is 5.91 Å². The summed E-state index contributed by atoms with van der Waals surface area (Å²) >= 11 is 0. The lowest BCUT2D eigenvalue weighted by Crippen LogP contribution is -2.49. The molecule has 3 aromatic rings. The minimum atomic E-state index is -0.470. The zero-order chi connectivity index (χ0) is 24.4. The number of imide groups is 1. The lowest BCUT2D eigenvalue weighted by atomic mass is 9.88. The largest absolute Gasteiger partial charge is 0.271 e. The average molecular weight is 463 g/mol. The molecule has 0 spiro atoms. The number of hydrogen-bond donors (Lipinski definition) is 0. The van der Waals surface area contributed by atoms with Crippen LogP contribution in [0, 0.1) is 11.3 Å². The van der Waals surface area contributed by atoms with Crippen molar-refractivity contribution < 1.29 is 9.59 Å². The zero-order valence-electron chi connectivity index (χ0n) is 19.6. The Morgan fingerprint density at radius 1 is 0.943 bits per heavy atom. The van der Waals surface area contributed by atoms with Gasteiger partial charge in [0, 0.05) is 28.9 Å². The highest BCUT2D eigenvalue weighted by molar-refractivity contribution is 6.20. The fourth-order valence-corrected chi connectivity index (χ4v) is 4.95. The van der Waals surface area contributed by atoms with Crippen LogP contribution in [0.25, 0.3) is 23.0 Å². The molecule has 0 bridgehead atoms. The first-order valence-corrected chi connectivity index (χ1v) is 12.0. The van der Waals surface area contributed by atoms with Crippen molar-refractivity contribution in [2.75, 3.05) is 0 Å². The SMILES string of the molecule is CC1=C(C#N)C(=O)N(C2CCCCC2)C(=O)/C1=C/c1cn(-c2ccccc2)nc1-c1ccccc1. The third-order valence-electron chi connectivity index (χ3n) is 6.82. The molecule has 2 heterocycles. The fraction of sp³-hybridized carbons (Fsp3) is 0.241. The summed E-state index contributed by atoms with van der Waals surface area (Å²) in [6.07, 6.45) is 8.30. The third-order valence-corrected chi connectivity index (χ3v) is 6.82. The highest BCUT2D eigenvalue weighted by Gasteiger charge is 2.40.